The Bertz CT molecular complexity index is 1590. The van der Waals surface area contributed by atoms with Gasteiger partial charge in [-0.1, -0.05) is 38.5 Å². The molecule has 0 bridgehead atoms. The molecule has 0 aromatic carbocycles. The fraction of sp³-hybridized carbons (Fsp3) is 0.611. The predicted octanol–water partition coefficient (Wildman–Crippen LogP) is 3.04. The summed E-state index contributed by atoms with van der Waals surface area (Å²) in [7, 11) is 0. The summed E-state index contributed by atoms with van der Waals surface area (Å²) in [5, 5.41) is 10.3. The van der Waals surface area contributed by atoms with Gasteiger partial charge in [-0.2, -0.15) is 0 Å². The summed E-state index contributed by atoms with van der Waals surface area (Å²) in [6.45, 7) is 6.91. The summed E-state index contributed by atoms with van der Waals surface area (Å²) in [5.74, 6) is -3.60. The van der Waals surface area contributed by atoms with Crippen molar-refractivity contribution in [2.45, 2.75) is 117 Å². The van der Waals surface area contributed by atoms with Gasteiger partial charge < -0.3 is 29.6 Å². The smallest absolute Gasteiger partial charge is 0.352 e. The number of hydrogen-bond acceptors (Lipinski definition) is 14. The van der Waals surface area contributed by atoms with Gasteiger partial charge in [0, 0.05) is 49.5 Å². The molecule has 0 unspecified atom stereocenters. The van der Waals surface area contributed by atoms with E-state index in [4.69, 9.17) is 18.9 Å². The zero-order chi connectivity index (χ0) is 41.3. The third kappa shape index (κ3) is 19.5. The number of hydrogen-bond donors (Lipinski definition) is 6. The van der Waals surface area contributed by atoms with Crippen LogP contribution in [0.25, 0.3) is 0 Å². The van der Waals surface area contributed by atoms with Gasteiger partial charge in [0.15, 0.2) is 0 Å². The van der Waals surface area contributed by atoms with Crippen LogP contribution in [0.15, 0.2) is 21.7 Å². The van der Waals surface area contributed by atoms with Crippen molar-refractivity contribution in [3.63, 3.8) is 0 Å². The Hall–Kier alpha value is -5.82. The van der Waals surface area contributed by atoms with Crippen molar-refractivity contribution in [1.82, 2.24) is 30.6 Å². The van der Waals surface area contributed by atoms with Gasteiger partial charge in [-0.15, -0.1) is 0 Å². The molecule has 0 saturated heterocycles. The van der Waals surface area contributed by atoms with Crippen LogP contribution in [0.5, 0.6) is 0 Å². The van der Waals surface area contributed by atoms with Crippen LogP contribution in [0.2, 0.25) is 0 Å². The number of carbonyl (C=O) groups is 6. The minimum Gasteiger partial charge on any atom is -0.463 e. The second kappa shape index (κ2) is 26.1. The Balaban J connectivity index is 1.71. The first-order chi connectivity index (χ1) is 26.8. The number of unbranched alkanes of at least 4 members (excludes halogenated alkanes) is 8. The topological polar surface area (TPSA) is 279 Å². The van der Waals surface area contributed by atoms with Crippen molar-refractivity contribution in [2.75, 3.05) is 36.9 Å². The van der Waals surface area contributed by atoms with Crippen LogP contribution in [0, 0.1) is 13.8 Å². The molecule has 2 atom stereocenters. The monoisotopic (exact) mass is 790 g/mol. The molecule has 2 aromatic rings. The molecule has 20 heteroatoms. The van der Waals surface area contributed by atoms with E-state index in [0.29, 0.717) is 63.0 Å². The number of aromatic amines is 2. The molecule has 4 amide bonds. The standard InChI is InChI=1S/C36H54N8O12/c1-5-53-31(49)29(55-27(47)17-13-9-7-11-15-19-37-35(51)43-33-39-23(3)21-25(45)41-33)30(32(50)54-6-2)56-28(48)18-14-10-8-12-16-20-38-36(52)44-34-40-24(4)22-26(46)42-34/h21-22,29-30H,5-20H2,1-4H3,(H3,37,39,41,43,45,51)(H3,38,40,42,44,46,52)/t29-,30-/m1/s1. The number of rotatable bonds is 25. The largest absolute Gasteiger partial charge is 0.463 e. The van der Waals surface area contributed by atoms with Crippen molar-refractivity contribution >= 4 is 47.8 Å². The Morgan fingerprint density at radius 2 is 0.946 bits per heavy atom. The van der Waals surface area contributed by atoms with Crippen molar-refractivity contribution < 1.29 is 47.7 Å². The normalized spacial score (nSPS) is 11.7. The van der Waals surface area contributed by atoms with E-state index in [1.807, 2.05) is 0 Å². The molecule has 0 saturated carbocycles. The number of H-pyrrole nitrogens is 2. The Labute approximate surface area is 324 Å². The highest BCUT2D eigenvalue weighted by Gasteiger charge is 2.42. The lowest BCUT2D eigenvalue weighted by molar-refractivity contribution is -0.191. The average molecular weight is 791 g/mol. The number of urea groups is 2. The summed E-state index contributed by atoms with van der Waals surface area (Å²) < 4.78 is 20.7. The Kier molecular flexibility index (Phi) is 21.6. The molecule has 2 heterocycles. The van der Waals surface area contributed by atoms with E-state index >= 15 is 0 Å². The molecule has 56 heavy (non-hydrogen) atoms. The van der Waals surface area contributed by atoms with E-state index < -0.39 is 48.1 Å². The number of carbonyl (C=O) groups excluding carboxylic acids is 6. The molecule has 6 N–H and O–H groups in total. The average Bonchev–Trinajstić information content (AvgIpc) is 3.11. The number of amides is 4. The van der Waals surface area contributed by atoms with Crippen molar-refractivity contribution in [1.29, 1.82) is 0 Å². The van der Waals surface area contributed by atoms with Crippen LogP contribution >= 0.6 is 0 Å². The fourth-order valence-electron chi connectivity index (χ4n) is 5.15. The molecule has 0 radical (unpaired) electrons. The minimum atomic E-state index is -1.86. The van der Waals surface area contributed by atoms with Gasteiger partial charge in [0.2, 0.25) is 24.1 Å². The number of nitrogens with one attached hydrogen (secondary N) is 6. The SMILES string of the molecule is CCOC(=O)[C@H](OC(=O)CCCCCCCNC(=O)Nc1nc(C)cc(=O)[nH]1)[C@@H](OC(=O)CCCCCCCNC(=O)Nc1nc(C)cc(=O)[nH]1)C(=O)OCC. The summed E-state index contributed by atoms with van der Waals surface area (Å²) in [6.07, 6.45) is 2.49. The molecule has 0 spiro atoms. The lowest BCUT2D eigenvalue weighted by Gasteiger charge is -2.24. The third-order valence-corrected chi connectivity index (χ3v) is 7.72. The zero-order valence-corrected chi connectivity index (χ0v) is 32.4. The van der Waals surface area contributed by atoms with Crippen LogP contribution in [0.4, 0.5) is 21.5 Å². The highest BCUT2D eigenvalue weighted by atomic mass is 16.6. The number of anilines is 2. The number of esters is 4. The van der Waals surface area contributed by atoms with Crippen molar-refractivity contribution in [2.24, 2.45) is 0 Å². The van der Waals surface area contributed by atoms with Gasteiger partial charge in [0.1, 0.15) is 0 Å². The van der Waals surface area contributed by atoms with Gasteiger partial charge in [-0.05, 0) is 53.4 Å². The summed E-state index contributed by atoms with van der Waals surface area (Å²) >= 11 is 0. The molecule has 0 aliphatic heterocycles. The van der Waals surface area contributed by atoms with Crippen LogP contribution in [-0.4, -0.2) is 94.4 Å². The number of aromatic nitrogens is 4. The van der Waals surface area contributed by atoms with E-state index in [0.717, 1.165) is 25.7 Å². The van der Waals surface area contributed by atoms with Gasteiger partial charge in [-0.25, -0.2) is 29.1 Å². The van der Waals surface area contributed by atoms with Crippen LogP contribution < -0.4 is 32.4 Å². The Morgan fingerprint density at radius 3 is 1.30 bits per heavy atom. The molecular formula is C36H54N8O12. The van der Waals surface area contributed by atoms with E-state index in [9.17, 15) is 38.4 Å². The number of nitrogens with zero attached hydrogens (tertiary/aromatic N) is 2. The maximum Gasteiger partial charge on any atom is 0.352 e. The van der Waals surface area contributed by atoms with E-state index in [1.54, 1.807) is 13.8 Å². The summed E-state index contributed by atoms with van der Waals surface area (Å²) in [6, 6.07) is 1.59. The second-order valence-electron chi connectivity index (χ2n) is 12.6. The number of aryl methyl sites for hydroxylation is 2. The highest BCUT2D eigenvalue weighted by Crippen LogP contribution is 2.15. The first kappa shape index (κ1) is 46.3. The van der Waals surface area contributed by atoms with Gasteiger partial charge in [-0.3, -0.25) is 39.8 Å². The highest BCUT2D eigenvalue weighted by molar-refractivity contribution is 5.89. The van der Waals surface area contributed by atoms with Crippen LogP contribution in [0.1, 0.15) is 102 Å². The maximum absolute atomic E-state index is 12.8. The summed E-state index contributed by atoms with van der Waals surface area (Å²) in [5.41, 5.74) is 0.177. The number of ether oxygens (including phenoxy) is 4. The quantitative estimate of drug-likeness (QED) is 0.0479. The van der Waals surface area contributed by atoms with Crippen LogP contribution in [-0.2, 0) is 38.1 Å². The van der Waals surface area contributed by atoms with Crippen molar-refractivity contribution in [3.8, 4) is 0 Å². The van der Waals surface area contributed by atoms with Crippen LogP contribution in [0.3, 0.4) is 0 Å². The molecule has 2 rings (SSSR count). The lowest BCUT2D eigenvalue weighted by Crippen LogP contribution is -2.47. The zero-order valence-electron chi connectivity index (χ0n) is 32.4. The molecule has 310 valence electrons. The molecular weight excluding hydrogens is 736 g/mol. The third-order valence-electron chi connectivity index (χ3n) is 7.72. The predicted molar refractivity (Wildman–Crippen MR) is 202 cm³/mol. The molecule has 0 aliphatic carbocycles. The molecule has 0 aliphatic rings. The molecule has 2 aromatic heterocycles. The molecule has 0 fully saturated rings. The first-order valence-corrected chi connectivity index (χ1v) is 18.8. The van der Waals surface area contributed by atoms with Gasteiger partial charge >= 0.3 is 35.9 Å². The van der Waals surface area contributed by atoms with Crippen molar-refractivity contribution in [3.05, 3.63) is 44.2 Å². The van der Waals surface area contributed by atoms with Gasteiger partial charge in [0.25, 0.3) is 11.1 Å². The second-order valence-corrected chi connectivity index (χ2v) is 12.6. The van der Waals surface area contributed by atoms with E-state index in [1.165, 1.54) is 26.0 Å². The Morgan fingerprint density at radius 1 is 0.589 bits per heavy atom. The van der Waals surface area contributed by atoms with E-state index in [2.05, 4.69) is 41.2 Å². The lowest BCUT2D eigenvalue weighted by atomic mass is 10.1. The van der Waals surface area contributed by atoms with E-state index in [-0.39, 0.29) is 49.1 Å². The fourth-order valence-corrected chi connectivity index (χ4v) is 5.15. The summed E-state index contributed by atoms with van der Waals surface area (Å²) in [4.78, 5) is 111. The minimum absolute atomic E-state index is 0.0463. The van der Waals surface area contributed by atoms with Gasteiger partial charge in [0.05, 0.1) is 13.2 Å². The first-order valence-electron chi connectivity index (χ1n) is 18.8. The maximum atomic E-state index is 12.8. The molecule has 20 nitrogen and oxygen atoms in total.